The molecule has 508 valence electrons. The van der Waals surface area contributed by atoms with Gasteiger partial charge in [-0.1, -0.05) is 175 Å². The Bertz CT molecular complexity index is 1930. The number of carbonyl (C=O) groups excluding carboxylic acids is 6. The normalized spacial score (nSPS) is 17.2. The van der Waals surface area contributed by atoms with Gasteiger partial charge in [0, 0.05) is 0 Å². The van der Waals surface area contributed by atoms with Crippen LogP contribution in [-0.2, 0) is 47.2 Å². The Kier molecular flexibility index (Phi) is 52.2. The summed E-state index contributed by atoms with van der Waals surface area (Å²) in [6, 6.07) is 0. The predicted molar refractivity (Wildman–Crippen MR) is 364 cm³/mol. The molecule has 2 rings (SSSR count). The van der Waals surface area contributed by atoms with Gasteiger partial charge in [-0.2, -0.15) is 0 Å². The molecule has 0 aromatic carbocycles. The molecule has 0 aromatic heterocycles. The van der Waals surface area contributed by atoms with Crippen LogP contribution in [0.25, 0.3) is 0 Å². The topological polar surface area (TPSA) is 158 Å². The van der Waals surface area contributed by atoms with Crippen LogP contribution in [0.4, 0.5) is 0 Å². The SMILES string of the molecule is CCCCCCCCCCCCCCCCCCC1=CC(=O)[O][Sn]([CH2]CCC)([O]C(=O)/C=C(/CCCCCCCCCCCCCCCCCC)C(=O)[O][Sn]2([CH2]CCC)[O]C(=O)C=C(CCCCCCCCCCCCCCCCCC)C(=O)[O]2)[O]C1=O. The molecule has 0 bridgehead atoms. The van der Waals surface area contributed by atoms with E-state index < -0.39 is 75.1 Å². The summed E-state index contributed by atoms with van der Waals surface area (Å²) in [7, 11) is 0. The second-order valence-corrected chi connectivity index (χ2v) is 40.3. The summed E-state index contributed by atoms with van der Waals surface area (Å²) in [5.41, 5.74) is 0.394. The van der Waals surface area contributed by atoms with E-state index in [1.165, 1.54) is 237 Å². The van der Waals surface area contributed by atoms with Gasteiger partial charge >= 0.3 is 379 Å². The van der Waals surface area contributed by atoms with Crippen molar-refractivity contribution in [2.75, 3.05) is 0 Å². The third-order valence-corrected chi connectivity index (χ3v) is 31.9. The van der Waals surface area contributed by atoms with E-state index in [1.54, 1.807) is 0 Å². The fourth-order valence-corrected chi connectivity index (χ4v) is 25.7. The van der Waals surface area contributed by atoms with Crippen molar-refractivity contribution in [2.45, 2.75) is 397 Å². The third-order valence-electron chi connectivity index (χ3n) is 17.7. The second kappa shape index (κ2) is 56.2. The molecule has 14 heteroatoms. The van der Waals surface area contributed by atoms with Gasteiger partial charge in [0.1, 0.15) is 0 Å². The zero-order chi connectivity index (χ0) is 63.9. The molecule has 2 aliphatic rings. The van der Waals surface area contributed by atoms with Crippen LogP contribution in [0.5, 0.6) is 0 Å². The molecule has 0 N–H and O–H groups in total. The summed E-state index contributed by atoms with van der Waals surface area (Å²) in [6.45, 7) is 10.7. The maximum absolute atomic E-state index is 14.6. The Balaban J connectivity index is 2.08. The van der Waals surface area contributed by atoms with Crippen LogP contribution in [-0.4, -0.2) is 75.1 Å². The standard InChI is InChI=1S/3C22H40O4.2C4H9.2Sn/c3*1-2-3-4-5-6-7-8-9-10-11-12-13-14-15-16-17-18-20(22(25)26)19-21(23)24;2*1-3-4-2;;/h3*19H,2-18H2,1H3,(H,23,24)(H,25,26);2*1,3-4H2,2H3;;/q;;;;;2*+3/p-6/b20-19-;;;;;;. The summed E-state index contributed by atoms with van der Waals surface area (Å²) in [5, 5.41) is 0. The Morgan fingerprint density at radius 1 is 0.330 bits per heavy atom. The van der Waals surface area contributed by atoms with Gasteiger partial charge in [0.25, 0.3) is 0 Å². The van der Waals surface area contributed by atoms with Crippen LogP contribution in [0.1, 0.15) is 388 Å². The average molecular weight is 1450 g/mol. The molecule has 0 saturated carbocycles. The fourth-order valence-electron chi connectivity index (χ4n) is 12.1. The number of carbonyl (C=O) groups is 6. The molecule has 0 amide bonds. The van der Waals surface area contributed by atoms with Crippen LogP contribution in [0.15, 0.2) is 34.9 Å². The Morgan fingerprint density at radius 2 is 0.580 bits per heavy atom. The first-order chi connectivity index (χ1) is 43.0. The van der Waals surface area contributed by atoms with Crippen LogP contribution in [0.3, 0.4) is 0 Å². The molecule has 88 heavy (non-hydrogen) atoms. The first kappa shape index (κ1) is 81.7. The first-order valence-electron chi connectivity index (χ1n) is 37.5. The summed E-state index contributed by atoms with van der Waals surface area (Å²) in [5.74, 6) is -4.81. The monoisotopic (exact) mass is 1450 g/mol. The Hall–Kier alpha value is -2.36. The summed E-state index contributed by atoms with van der Waals surface area (Å²) < 4.78 is 36.5. The first-order valence-corrected chi connectivity index (χ1v) is 48.5. The quantitative estimate of drug-likeness (QED) is 0.0323. The number of hydrogen-bond acceptors (Lipinski definition) is 12. The molecule has 12 nitrogen and oxygen atoms in total. The van der Waals surface area contributed by atoms with Gasteiger partial charge in [-0.05, 0) is 0 Å². The molecule has 2 atom stereocenters. The van der Waals surface area contributed by atoms with Crippen LogP contribution in [0.2, 0.25) is 8.87 Å². The van der Waals surface area contributed by atoms with Gasteiger partial charge in [-0.15, -0.1) is 0 Å². The van der Waals surface area contributed by atoms with Gasteiger partial charge in [0.05, 0.1) is 0 Å². The maximum atomic E-state index is 14.6. The molecule has 2 aliphatic heterocycles. The van der Waals surface area contributed by atoms with Crippen LogP contribution < -0.4 is 0 Å². The zero-order valence-corrected chi connectivity index (χ0v) is 63.1. The van der Waals surface area contributed by atoms with E-state index in [0.29, 0.717) is 57.8 Å². The van der Waals surface area contributed by atoms with E-state index >= 15 is 0 Å². The average Bonchev–Trinajstić information content (AvgIpc) is 2.98. The minimum atomic E-state index is -5.36. The van der Waals surface area contributed by atoms with Crippen molar-refractivity contribution in [1.82, 2.24) is 0 Å². The molecular formula is C74H132O12Sn2. The summed E-state index contributed by atoms with van der Waals surface area (Å²) >= 11 is -10.7. The fraction of sp³-hybridized carbons (Fsp3) is 0.838. The van der Waals surface area contributed by atoms with Crippen molar-refractivity contribution >= 4 is 75.1 Å². The molecule has 0 saturated heterocycles. The van der Waals surface area contributed by atoms with Crippen molar-refractivity contribution < 1.29 is 47.2 Å². The van der Waals surface area contributed by atoms with Gasteiger partial charge < -0.3 is 0 Å². The predicted octanol–water partition coefficient (Wildman–Crippen LogP) is 22.5. The van der Waals surface area contributed by atoms with E-state index in [0.717, 1.165) is 70.3 Å². The summed E-state index contributed by atoms with van der Waals surface area (Å²) in [4.78, 5) is 83.6. The van der Waals surface area contributed by atoms with Crippen molar-refractivity contribution in [3.05, 3.63) is 34.9 Å². The van der Waals surface area contributed by atoms with Crippen molar-refractivity contribution in [3.63, 3.8) is 0 Å². The van der Waals surface area contributed by atoms with Gasteiger partial charge in [-0.3, -0.25) is 0 Å². The number of rotatable bonds is 61. The third kappa shape index (κ3) is 42.7. The molecule has 2 heterocycles. The van der Waals surface area contributed by atoms with Gasteiger partial charge in [-0.25, -0.2) is 0 Å². The Morgan fingerprint density at radius 3 is 0.864 bits per heavy atom. The van der Waals surface area contributed by atoms with Crippen molar-refractivity contribution in [3.8, 4) is 0 Å². The van der Waals surface area contributed by atoms with Crippen LogP contribution >= 0.6 is 0 Å². The molecule has 0 aromatic rings. The summed E-state index contributed by atoms with van der Waals surface area (Å²) in [6.07, 6.45) is 64.7. The van der Waals surface area contributed by atoms with E-state index in [9.17, 15) is 28.8 Å². The van der Waals surface area contributed by atoms with E-state index in [1.807, 2.05) is 13.8 Å². The molecule has 0 aliphatic carbocycles. The molecule has 2 unspecified atom stereocenters. The molecule has 0 radical (unpaired) electrons. The van der Waals surface area contributed by atoms with E-state index in [-0.39, 0.29) is 32.0 Å². The zero-order valence-electron chi connectivity index (χ0n) is 57.4. The number of hydrogen-bond donors (Lipinski definition) is 0. The van der Waals surface area contributed by atoms with E-state index in [4.69, 9.17) is 18.4 Å². The minimum absolute atomic E-state index is 0.0360. The molecule has 0 fully saturated rings. The van der Waals surface area contributed by atoms with Gasteiger partial charge in [0.15, 0.2) is 0 Å². The molecule has 0 spiro atoms. The van der Waals surface area contributed by atoms with Crippen molar-refractivity contribution in [1.29, 1.82) is 0 Å². The molecular weight excluding hydrogens is 1320 g/mol. The number of unbranched alkanes of at least 4 members (excludes halogenated alkanes) is 47. The van der Waals surface area contributed by atoms with Crippen LogP contribution in [0, 0.1) is 0 Å². The Labute approximate surface area is 549 Å². The van der Waals surface area contributed by atoms with Gasteiger partial charge in [0.2, 0.25) is 0 Å². The van der Waals surface area contributed by atoms with Crippen molar-refractivity contribution in [2.24, 2.45) is 0 Å². The second-order valence-electron chi connectivity index (χ2n) is 26.2. The van der Waals surface area contributed by atoms with E-state index in [2.05, 4.69) is 20.8 Å².